The summed E-state index contributed by atoms with van der Waals surface area (Å²) in [6.45, 7) is 1.85. The Kier molecular flexibility index (Phi) is 4.32. The number of rotatable bonds is 3. The molecule has 5 rings (SSSR count). The van der Waals surface area contributed by atoms with Crippen molar-refractivity contribution in [3.05, 3.63) is 65.0 Å². The van der Waals surface area contributed by atoms with Crippen LogP contribution in [0.5, 0.6) is 0 Å². The van der Waals surface area contributed by atoms with Crippen LogP contribution in [0.4, 0.5) is 0 Å². The van der Waals surface area contributed by atoms with E-state index in [0.717, 1.165) is 16.7 Å². The zero-order chi connectivity index (χ0) is 20.9. The van der Waals surface area contributed by atoms with Crippen molar-refractivity contribution in [1.29, 1.82) is 0 Å². The van der Waals surface area contributed by atoms with Crippen LogP contribution in [-0.4, -0.2) is 64.5 Å². The number of hydrogen-bond donors (Lipinski definition) is 2. The molecule has 0 radical (unpaired) electrons. The van der Waals surface area contributed by atoms with Crippen molar-refractivity contribution < 1.29 is 14.7 Å². The van der Waals surface area contributed by atoms with E-state index in [2.05, 4.69) is 10.2 Å². The Labute approximate surface area is 174 Å². The highest BCUT2D eigenvalue weighted by atomic mass is 16.3. The van der Waals surface area contributed by atoms with Gasteiger partial charge in [-0.3, -0.25) is 9.59 Å². The monoisotopic (exact) mass is 405 g/mol. The Morgan fingerprint density at radius 3 is 2.40 bits per heavy atom. The third-order valence-electron chi connectivity index (χ3n) is 6.11. The lowest BCUT2D eigenvalue weighted by Gasteiger charge is -2.35. The van der Waals surface area contributed by atoms with E-state index in [1.165, 1.54) is 0 Å². The number of amides is 2. The first-order valence-electron chi connectivity index (χ1n) is 10.2. The Morgan fingerprint density at radius 2 is 1.73 bits per heavy atom. The van der Waals surface area contributed by atoms with Gasteiger partial charge in [0, 0.05) is 37.3 Å². The van der Waals surface area contributed by atoms with Gasteiger partial charge in [0.1, 0.15) is 11.6 Å². The summed E-state index contributed by atoms with van der Waals surface area (Å²) in [7, 11) is 0. The number of aliphatic hydroxyl groups is 1. The standard InChI is InChI=1S/C22H23N5O3/c23-19-17-13-16(5-6-18(17)24-25-19)14-1-3-15(4-2-14)20(28)26-9-11-27(12-10-26)21(29)22(30)7-8-22/h1-6,13,18,30H,7-12,23H2. The molecular formula is C22H23N5O3. The maximum Gasteiger partial charge on any atom is 0.254 e. The molecule has 1 saturated heterocycles. The first-order valence-corrected chi connectivity index (χ1v) is 10.2. The van der Waals surface area contributed by atoms with E-state index >= 15 is 0 Å². The van der Waals surface area contributed by atoms with Gasteiger partial charge in [-0.25, -0.2) is 0 Å². The summed E-state index contributed by atoms with van der Waals surface area (Å²) in [6, 6.07) is 7.40. The molecule has 1 aromatic rings. The van der Waals surface area contributed by atoms with Crippen LogP contribution in [0.15, 0.2) is 64.1 Å². The summed E-state index contributed by atoms with van der Waals surface area (Å²) in [5.41, 5.74) is 8.24. The predicted octanol–water partition coefficient (Wildman–Crippen LogP) is 1.45. The number of fused-ring (bicyclic) bond motifs is 1. The highest BCUT2D eigenvalue weighted by Gasteiger charge is 2.50. The molecule has 1 unspecified atom stereocenters. The normalized spacial score (nSPS) is 24.0. The van der Waals surface area contributed by atoms with E-state index in [1.54, 1.807) is 9.80 Å². The summed E-state index contributed by atoms with van der Waals surface area (Å²) in [4.78, 5) is 28.5. The van der Waals surface area contributed by atoms with E-state index in [4.69, 9.17) is 5.73 Å². The quantitative estimate of drug-likeness (QED) is 0.793. The van der Waals surface area contributed by atoms with E-state index in [1.807, 2.05) is 42.5 Å². The molecule has 2 amide bonds. The number of azo groups is 1. The van der Waals surface area contributed by atoms with E-state index in [-0.39, 0.29) is 17.9 Å². The number of benzene rings is 1. The van der Waals surface area contributed by atoms with Crippen LogP contribution in [0.3, 0.4) is 0 Å². The summed E-state index contributed by atoms with van der Waals surface area (Å²) in [6.07, 6.45) is 7.02. The van der Waals surface area contributed by atoms with Crippen LogP contribution in [0.2, 0.25) is 0 Å². The third kappa shape index (κ3) is 3.23. The van der Waals surface area contributed by atoms with Crippen LogP contribution in [0, 0.1) is 0 Å². The highest BCUT2D eigenvalue weighted by molar-refractivity contribution is 5.95. The predicted molar refractivity (Wildman–Crippen MR) is 110 cm³/mol. The molecule has 2 heterocycles. The second-order valence-corrected chi connectivity index (χ2v) is 8.15. The molecule has 8 heteroatoms. The number of nitrogens with zero attached hydrogens (tertiary/aromatic N) is 4. The van der Waals surface area contributed by atoms with Gasteiger partial charge in [-0.05, 0) is 42.2 Å². The van der Waals surface area contributed by atoms with Crippen molar-refractivity contribution in [3.8, 4) is 0 Å². The van der Waals surface area contributed by atoms with Gasteiger partial charge < -0.3 is 20.6 Å². The van der Waals surface area contributed by atoms with Crippen molar-refractivity contribution >= 4 is 17.4 Å². The number of nitrogens with two attached hydrogens (primary N) is 1. The molecule has 2 fully saturated rings. The SMILES string of the molecule is NC1=C2C=C(c3ccc(C(=O)N4CCN(C(=O)C5(O)CC5)CC4)cc3)C=CC2N=N1. The molecule has 0 bridgehead atoms. The average Bonchev–Trinajstić information content (AvgIpc) is 3.44. The number of hydrogen-bond acceptors (Lipinski definition) is 6. The molecule has 1 atom stereocenters. The second kappa shape index (κ2) is 6.91. The van der Waals surface area contributed by atoms with Gasteiger partial charge in [-0.15, -0.1) is 5.11 Å². The molecule has 0 aromatic heterocycles. The number of allylic oxidation sites excluding steroid dienone is 2. The molecule has 2 aliphatic heterocycles. The first-order chi connectivity index (χ1) is 14.4. The van der Waals surface area contributed by atoms with Crippen LogP contribution in [0.25, 0.3) is 5.57 Å². The molecule has 2 aliphatic carbocycles. The minimum absolute atomic E-state index is 0.0487. The van der Waals surface area contributed by atoms with E-state index in [9.17, 15) is 14.7 Å². The molecule has 4 aliphatic rings. The lowest BCUT2D eigenvalue weighted by Crippen LogP contribution is -2.53. The molecule has 1 aromatic carbocycles. The molecule has 8 nitrogen and oxygen atoms in total. The fourth-order valence-electron chi connectivity index (χ4n) is 4.01. The van der Waals surface area contributed by atoms with Gasteiger partial charge in [0.25, 0.3) is 11.8 Å². The highest BCUT2D eigenvalue weighted by Crippen LogP contribution is 2.37. The second-order valence-electron chi connectivity index (χ2n) is 8.15. The maximum absolute atomic E-state index is 12.9. The van der Waals surface area contributed by atoms with Gasteiger partial charge in [-0.1, -0.05) is 24.3 Å². The summed E-state index contributed by atoms with van der Waals surface area (Å²) >= 11 is 0. The topological polar surface area (TPSA) is 112 Å². The molecular weight excluding hydrogens is 382 g/mol. The van der Waals surface area contributed by atoms with Crippen molar-refractivity contribution in [1.82, 2.24) is 9.80 Å². The smallest absolute Gasteiger partial charge is 0.254 e. The summed E-state index contributed by atoms with van der Waals surface area (Å²) in [5.74, 6) is 0.195. The Morgan fingerprint density at radius 1 is 1.07 bits per heavy atom. The average molecular weight is 405 g/mol. The molecule has 3 N–H and O–H groups in total. The molecule has 1 saturated carbocycles. The van der Waals surface area contributed by atoms with Crippen LogP contribution < -0.4 is 5.73 Å². The lowest BCUT2D eigenvalue weighted by molar-refractivity contribution is -0.143. The maximum atomic E-state index is 12.9. The first kappa shape index (κ1) is 18.7. The minimum atomic E-state index is -1.15. The van der Waals surface area contributed by atoms with Gasteiger partial charge in [0.15, 0.2) is 5.82 Å². The van der Waals surface area contributed by atoms with Gasteiger partial charge >= 0.3 is 0 Å². The zero-order valence-corrected chi connectivity index (χ0v) is 16.5. The summed E-state index contributed by atoms with van der Waals surface area (Å²) < 4.78 is 0. The van der Waals surface area contributed by atoms with Crippen molar-refractivity contribution in [3.63, 3.8) is 0 Å². The summed E-state index contributed by atoms with van der Waals surface area (Å²) in [5, 5.41) is 18.0. The Hall–Kier alpha value is -3.26. The Bertz CT molecular complexity index is 1030. The number of carbonyl (C=O) groups excluding carboxylic acids is 2. The number of carbonyl (C=O) groups is 2. The molecule has 0 spiro atoms. The molecule has 30 heavy (non-hydrogen) atoms. The largest absolute Gasteiger partial charge is 0.382 e. The van der Waals surface area contributed by atoms with Gasteiger partial charge in [0.2, 0.25) is 0 Å². The third-order valence-corrected chi connectivity index (χ3v) is 6.11. The van der Waals surface area contributed by atoms with Crippen molar-refractivity contribution in [2.45, 2.75) is 24.5 Å². The Balaban J connectivity index is 1.24. The molecule has 154 valence electrons. The van der Waals surface area contributed by atoms with Crippen LogP contribution in [-0.2, 0) is 4.79 Å². The van der Waals surface area contributed by atoms with Gasteiger partial charge in [0.05, 0.1) is 0 Å². The van der Waals surface area contributed by atoms with Crippen LogP contribution >= 0.6 is 0 Å². The lowest BCUT2D eigenvalue weighted by atomic mass is 9.93. The van der Waals surface area contributed by atoms with Crippen molar-refractivity contribution in [2.75, 3.05) is 26.2 Å². The zero-order valence-electron chi connectivity index (χ0n) is 16.5. The van der Waals surface area contributed by atoms with E-state index in [0.29, 0.717) is 50.4 Å². The van der Waals surface area contributed by atoms with Crippen LogP contribution in [0.1, 0.15) is 28.8 Å². The van der Waals surface area contributed by atoms with E-state index < -0.39 is 5.60 Å². The minimum Gasteiger partial charge on any atom is -0.382 e. The fourth-order valence-corrected chi connectivity index (χ4v) is 4.01. The number of piperazine rings is 1. The van der Waals surface area contributed by atoms with Crippen molar-refractivity contribution in [2.24, 2.45) is 16.0 Å². The fraction of sp³-hybridized carbons (Fsp3) is 0.364. The van der Waals surface area contributed by atoms with Gasteiger partial charge in [-0.2, -0.15) is 5.11 Å².